The standard InChI is InChI=1S/C11H14BrNO5S/c1-13(6-5-11(14)15)19(16,17)10-4-3-8(18-2)7-9(10)12/h3-4,7H,5-6H2,1-2H3,(H,14,15). The van der Waals surface area contributed by atoms with Crippen LogP contribution in [0.1, 0.15) is 6.42 Å². The molecule has 0 heterocycles. The maximum atomic E-state index is 12.2. The summed E-state index contributed by atoms with van der Waals surface area (Å²) in [6, 6.07) is 4.48. The molecule has 1 aromatic carbocycles. The maximum Gasteiger partial charge on any atom is 0.304 e. The van der Waals surface area contributed by atoms with Crippen molar-refractivity contribution in [2.24, 2.45) is 0 Å². The summed E-state index contributed by atoms with van der Waals surface area (Å²) in [4.78, 5) is 10.5. The molecular formula is C11H14BrNO5S. The van der Waals surface area contributed by atoms with E-state index >= 15 is 0 Å². The summed E-state index contributed by atoms with van der Waals surface area (Å²) >= 11 is 3.17. The molecule has 0 aliphatic heterocycles. The Morgan fingerprint density at radius 1 is 1.47 bits per heavy atom. The molecule has 1 aromatic rings. The lowest BCUT2D eigenvalue weighted by Crippen LogP contribution is -2.29. The number of carboxylic acids is 1. The zero-order valence-corrected chi connectivity index (χ0v) is 12.9. The van der Waals surface area contributed by atoms with Crippen molar-refractivity contribution in [1.29, 1.82) is 0 Å². The van der Waals surface area contributed by atoms with Gasteiger partial charge in [0.1, 0.15) is 5.75 Å². The lowest BCUT2D eigenvalue weighted by Gasteiger charge is -2.17. The highest BCUT2D eigenvalue weighted by Crippen LogP contribution is 2.28. The Balaban J connectivity index is 3.03. The van der Waals surface area contributed by atoms with E-state index in [-0.39, 0.29) is 17.9 Å². The predicted molar refractivity (Wildman–Crippen MR) is 72.8 cm³/mol. The van der Waals surface area contributed by atoms with Gasteiger partial charge < -0.3 is 9.84 Å². The second-order valence-electron chi connectivity index (χ2n) is 3.77. The van der Waals surface area contributed by atoms with Crippen LogP contribution in [0.2, 0.25) is 0 Å². The average molecular weight is 352 g/mol. The highest BCUT2D eigenvalue weighted by Gasteiger charge is 2.23. The molecule has 0 saturated carbocycles. The molecular weight excluding hydrogens is 338 g/mol. The fourth-order valence-electron chi connectivity index (χ4n) is 1.36. The van der Waals surface area contributed by atoms with Crippen LogP contribution in [0.4, 0.5) is 0 Å². The summed E-state index contributed by atoms with van der Waals surface area (Å²) in [5.41, 5.74) is 0. The molecule has 0 saturated heterocycles. The largest absolute Gasteiger partial charge is 0.497 e. The number of halogens is 1. The SMILES string of the molecule is COc1ccc(S(=O)(=O)N(C)CCC(=O)O)c(Br)c1. The van der Waals surface area contributed by atoms with Gasteiger partial charge >= 0.3 is 5.97 Å². The van der Waals surface area contributed by atoms with Gasteiger partial charge in [-0.2, -0.15) is 0 Å². The first-order valence-corrected chi connectivity index (χ1v) is 7.54. The van der Waals surface area contributed by atoms with Crippen molar-refractivity contribution in [3.63, 3.8) is 0 Å². The number of aliphatic carboxylic acids is 1. The maximum absolute atomic E-state index is 12.2. The molecule has 0 aliphatic rings. The molecule has 0 fully saturated rings. The molecule has 6 nitrogen and oxygen atoms in total. The number of benzene rings is 1. The van der Waals surface area contributed by atoms with Gasteiger partial charge in [-0.1, -0.05) is 0 Å². The molecule has 19 heavy (non-hydrogen) atoms. The minimum atomic E-state index is -3.72. The molecule has 0 aliphatic carbocycles. The highest BCUT2D eigenvalue weighted by atomic mass is 79.9. The Bertz CT molecular complexity index is 572. The zero-order valence-electron chi connectivity index (χ0n) is 10.5. The van der Waals surface area contributed by atoms with Gasteiger partial charge in [-0.05, 0) is 34.1 Å². The van der Waals surface area contributed by atoms with Crippen molar-refractivity contribution in [2.45, 2.75) is 11.3 Å². The van der Waals surface area contributed by atoms with Crippen LogP contribution in [-0.2, 0) is 14.8 Å². The monoisotopic (exact) mass is 351 g/mol. The summed E-state index contributed by atoms with van der Waals surface area (Å²) in [5.74, 6) is -0.519. The summed E-state index contributed by atoms with van der Waals surface area (Å²) < 4.78 is 30.8. The first kappa shape index (κ1) is 15.9. The molecule has 0 unspecified atom stereocenters. The second-order valence-corrected chi connectivity index (χ2v) is 6.63. The lowest BCUT2D eigenvalue weighted by atomic mass is 10.3. The number of sulfonamides is 1. The number of ether oxygens (including phenoxy) is 1. The van der Waals surface area contributed by atoms with Crippen molar-refractivity contribution >= 4 is 31.9 Å². The number of methoxy groups -OCH3 is 1. The molecule has 0 atom stereocenters. The van der Waals surface area contributed by atoms with Crippen LogP contribution in [0.15, 0.2) is 27.6 Å². The van der Waals surface area contributed by atoms with Gasteiger partial charge in [-0.25, -0.2) is 12.7 Å². The molecule has 0 radical (unpaired) electrons. The average Bonchev–Trinajstić information content (AvgIpc) is 2.35. The number of rotatable bonds is 6. The van der Waals surface area contributed by atoms with Crippen LogP contribution in [0.25, 0.3) is 0 Å². The van der Waals surface area contributed by atoms with Crippen molar-refractivity contribution < 1.29 is 23.1 Å². The first-order valence-electron chi connectivity index (χ1n) is 5.30. The number of hydrogen-bond acceptors (Lipinski definition) is 4. The van der Waals surface area contributed by atoms with Gasteiger partial charge in [0, 0.05) is 18.1 Å². The Morgan fingerprint density at radius 3 is 2.58 bits per heavy atom. The minimum absolute atomic E-state index is 0.0705. The third kappa shape index (κ3) is 3.92. The van der Waals surface area contributed by atoms with Crippen molar-refractivity contribution in [3.8, 4) is 5.75 Å². The predicted octanol–water partition coefficient (Wildman–Crippen LogP) is 1.55. The summed E-state index contributed by atoms with van der Waals surface area (Å²) in [7, 11) is -0.899. The van der Waals surface area contributed by atoms with E-state index in [4.69, 9.17) is 9.84 Å². The van der Waals surface area contributed by atoms with Gasteiger partial charge in [0.2, 0.25) is 10.0 Å². The Labute approximate surface area is 120 Å². The van der Waals surface area contributed by atoms with E-state index in [1.54, 1.807) is 0 Å². The Kier molecular flexibility index (Phi) is 5.33. The topological polar surface area (TPSA) is 83.9 Å². The second kappa shape index (κ2) is 6.36. The Morgan fingerprint density at radius 2 is 2.11 bits per heavy atom. The lowest BCUT2D eigenvalue weighted by molar-refractivity contribution is -0.137. The highest BCUT2D eigenvalue weighted by molar-refractivity contribution is 9.10. The van der Waals surface area contributed by atoms with E-state index < -0.39 is 16.0 Å². The molecule has 0 bridgehead atoms. The van der Waals surface area contributed by atoms with Crippen LogP contribution >= 0.6 is 15.9 Å². The zero-order chi connectivity index (χ0) is 14.6. The van der Waals surface area contributed by atoms with E-state index in [1.165, 1.54) is 32.4 Å². The number of nitrogens with zero attached hydrogens (tertiary/aromatic N) is 1. The van der Waals surface area contributed by atoms with Gasteiger partial charge in [0.25, 0.3) is 0 Å². The van der Waals surface area contributed by atoms with Crippen LogP contribution in [-0.4, -0.2) is 44.5 Å². The van der Waals surface area contributed by atoms with Crippen LogP contribution in [0, 0.1) is 0 Å². The van der Waals surface area contributed by atoms with Gasteiger partial charge in [-0.3, -0.25) is 4.79 Å². The van der Waals surface area contributed by atoms with E-state index in [2.05, 4.69) is 15.9 Å². The fourth-order valence-corrected chi connectivity index (χ4v) is 3.54. The van der Waals surface area contributed by atoms with Gasteiger partial charge in [0.15, 0.2) is 0 Å². The van der Waals surface area contributed by atoms with Gasteiger partial charge in [0.05, 0.1) is 18.4 Å². The van der Waals surface area contributed by atoms with Crippen LogP contribution in [0.3, 0.4) is 0 Å². The minimum Gasteiger partial charge on any atom is -0.497 e. The molecule has 106 valence electrons. The van der Waals surface area contributed by atoms with Crippen molar-refractivity contribution in [2.75, 3.05) is 20.7 Å². The normalized spacial score (nSPS) is 11.6. The molecule has 1 N–H and O–H groups in total. The third-order valence-corrected chi connectivity index (χ3v) is 5.30. The third-order valence-electron chi connectivity index (χ3n) is 2.47. The first-order chi connectivity index (χ1) is 8.78. The van der Waals surface area contributed by atoms with Crippen LogP contribution in [0.5, 0.6) is 5.75 Å². The smallest absolute Gasteiger partial charge is 0.304 e. The summed E-state index contributed by atoms with van der Waals surface area (Å²) in [6.07, 6.45) is -0.247. The molecule has 1 rings (SSSR count). The van der Waals surface area contributed by atoms with E-state index in [1.807, 2.05) is 0 Å². The van der Waals surface area contributed by atoms with E-state index in [9.17, 15) is 13.2 Å². The Hall–Kier alpha value is -1.12. The number of hydrogen-bond donors (Lipinski definition) is 1. The molecule has 0 aromatic heterocycles. The number of carboxylic acid groups (broad SMARTS) is 1. The molecule has 0 spiro atoms. The summed E-state index contributed by atoms with van der Waals surface area (Å²) in [5, 5.41) is 8.57. The van der Waals surface area contributed by atoms with E-state index in [0.717, 1.165) is 4.31 Å². The molecule has 8 heteroatoms. The van der Waals surface area contributed by atoms with Crippen LogP contribution < -0.4 is 4.74 Å². The summed E-state index contributed by atoms with van der Waals surface area (Å²) in [6.45, 7) is -0.0872. The number of carbonyl (C=O) groups is 1. The van der Waals surface area contributed by atoms with Crippen molar-refractivity contribution in [3.05, 3.63) is 22.7 Å². The molecule has 0 amide bonds. The van der Waals surface area contributed by atoms with E-state index in [0.29, 0.717) is 10.2 Å². The van der Waals surface area contributed by atoms with Gasteiger partial charge in [-0.15, -0.1) is 0 Å². The fraction of sp³-hybridized carbons (Fsp3) is 0.364. The quantitative estimate of drug-likeness (QED) is 0.840. The van der Waals surface area contributed by atoms with Crippen molar-refractivity contribution in [1.82, 2.24) is 4.31 Å².